The summed E-state index contributed by atoms with van der Waals surface area (Å²) in [7, 11) is 0. The molecular weight excluding hydrogens is 248 g/mol. The van der Waals surface area contributed by atoms with Crippen molar-refractivity contribution in [1.29, 1.82) is 0 Å². The summed E-state index contributed by atoms with van der Waals surface area (Å²) in [6, 6.07) is 12.1. The summed E-state index contributed by atoms with van der Waals surface area (Å²) in [6.45, 7) is 4.37. The molecule has 0 fully saturated rings. The fourth-order valence-electron chi connectivity index (χ4n) is 2.19. The number of nitrogens with zero attached hydrogens (tertiary/aromatic N) is 2. The molecule has 1 atom stereocenters. The molecule has 20 heavy (non-hydrogen) atoms. The van der Waals surface area contributed by atoms with Crippen LogP contribution in [0.4, 0.5) is 11.6 Å². The summed E-state index contributed by atoms with van der Waals surface area (Å²) in [5.74, 6) is 1.96. The summed E-state index contributed by atoms with van der Waals surface area (Å²) in [5, 5.41) is 3.45. The molecule has 1 aromatic heterocycles. The Kier molecular flexibility index (Phi) is 4.93. The van der Waals surface area contributed by atoms with E-state index in [1.54, 1.807) is 6.07 Å². The predicted octanol–water partition coefficient (Wildman–Crippen LogP) is 3.72. The van der Waals surface area contributed by atoms with E-state index in [1.807, 2.05) is 30.3 Å². The third-order valence-corrected chi connectivity index (χ3v) is 3.26. The van der Waals surface area contributed by atoms with Gasteiger partial charge in [-0.3, -0.25) is 0 Å². The van der Waals surface area contributed by atoms with Gasteiger partial charge in [0.05, 0.1) is 0 Å². The van der Waals surface area contributed by atoms with E-state index in [9.17, 15) is 0 Å². The van der Waals surface area contributed by atoms with Crippen LogP contribution in [0.15, 0.2) is 36.4 Å². The molecule has 0 aliphatic heterocycles. The van der Waals surface area contributed by atoms with Crippen molar-refractivity contribution >= 4 is 11.6 Å². The Morgan fingerprint density at radius 2 is 1.90 bits per heavy atom. The van der Waals surface area contributed by atoms with E-state index in [-0.39, 0.29) is 0 Å². The van der Waals surface area contributed by atoms with Crippen molar-refractivity contribution in [3.05, 3.63) is 36.4 Å². The second-order valence-corrected chi connectivity index (χ2v) is 4.91. The lowest BCUT2D eigenvalue weighted by molar-refractivity contribution is 0.620. The Labute approximate surface area is 120 Å². The van der Waals surface area contributed by atoms with Crippen LogP contribution >= 0.6 is 0 Å². The quantitative estimate of drug-likeness (QED) is 0.839. The molecule has 0 spiro atoms. The standard InChI is InChI=1S/C16H22N4/c1-3-8-13(4-2)18-15-11-14(17)19-16(20-15)12-9-6-5-7-10-12/h5-7,9-11,13H,3-4,8H2,1-2H3,(H3,17,18,19,20). The first kappa shape index (κ1) is 14.3. The number of nitrogens with two attached hydrogens (primary N) is 1. The number of anilines is 2. The highest BCUT2D eigenvalue weighted by molar-refractivity contribution is 5.60. The Bertz CT molecular complexity index is 539. The molecule has 4 nitrogen and oxygen atoms in total. The number of rotatable bonds is 6. The normalized spacial score (nSPS) is 12.1. The number of benzene rings is 1. The molecule has 3 N–H and O–H groups in total. The minimum Gasteiger partial charge on any atom is -0.384 e. The van der Waals surface area contributed by atoms with Crippen molar-refractivity contribution in [1.82, 2.24) is 9.97 Å². The average Bonchev–Trinajstić information content (AvgIpc) is 2.47. The number of nitrogen functional groups attached to an aromatic ring is 1. The maximum Gasteiger partial charge on any atom is 0.163 e. The van der Waals surface area contributed by atoms with Gasteiger partial charge in [-0.2, -0.15) is 0 Å². The number of aromatic nitrogens is 2. The van der Waals surface area contributed by atoms with Gasteiger partial charge in [-0.05, 0) is 12.8 Å². The lowest BCUT2D eigenvalue weighted by Crippen LogP contribution is -2.19. The second-order valence-electron chi connectivity index (χ2n) is 4.91. The molecule has 0 aliphatic carbocycles. The van der Waals surface area contributed by atoms with Gasteiger partial charge in [-0.25, -0.2) is 9.97 Å². The smallest absolute Gasteiger partial charge is 0.163 e. The van der Waals surface area contributed by atoms with Crippen LogP contribution in [0.5, 0.6) is 0 Å². The van der Waals surface area contributed by atoms with E-state index in [4.69, 9.17) is 5.73 Å². The zero-order valence-electron chi connectivity index (χ0n) is 12.1. The van der Waals surface area contributed by atoms with Gasteiger partial charge in [0.1, 0.15) is 11.6 Å². The summed E-state index contributed by atoms with van der Waals surface area (Å²) in [6.07, 6.45) is 3.34. The van der Waals surface area contributed by atoms with Gasteiger partial charge in [-0.1, -0.05) is 50.6 Å². The number of hydrogen-bond donors (Lipinski definition) is 2. The lowest BCUT2D eigenvalue weighted by atomic mass is 10.1. The number of hydrogen-bond acceptors (Lipinski definition) is 4. The first-order valence-electron chi connectivity index (χ1n) is 7.19. The second kappa shape index (κ2) is 6.89. The van der Waals surface area contributed by atoms with Gasteiger partial charge in [0.25, 0.3) is 0 Å². The van der Waals surface area contributed by atoms with Crippen LogP contribution in [-0.2, 0) is 0 Å². The van der Waals surface area contributed by atoms with E-state index in [1.165, 1.54) is 0 Å². The molecule has 0 radical (unpaired) electrons. The Morgan fingerprint density at radius 3 is 2.55 bits per heavy atom. The van der Waals surface area contributed by atoms with E-state index in [0.29, 0.717) is 17.7 Å². The Balaban J connectivity index is 2.25. The molecule has 1 heterocycles. The molecular formula is C16H22N4. The van der Waals surface area contributed by atoms with Crippen molar-refractivity contribution < 1.29 is 0 Å². The van der Waals surface area contributed by atoms with Crippen molar-refractivity contribution in [3.63, 3.8) is 0 Å². The maximum atomic E-state index is 5.90. The van der Waals surface area contributed by atoms with E-state index >= 15 is 0 Å². The molecule has 0 aliphatic rings. The highest BCUT2D eigenvalue weighted by atomic mass is 15.1. The first-order valence-corrected chi connectivity index (χ1v) is 7.19. The van der Waals surface area contributed by atoms with Crippen LogP contribution < -0.4 is 11.1 Å². The molecule has 4 heteroatoms. The Hall–Kier alpha value is -2.10. The molecule has 2 rings (SSSR count). The highest BCUT2D eigenvalue weighted by Crippen LogP contribution is 2.20. The van der Waals surface area contributed by atoms with Crippen molar-refractivity contribution in [2.45, 2.75) is 39.2 Å². The number of nitrogens with one attached hydrogen (secondary N) is 1. The van der Waals surface area contributed by atoms with Crippen LogP contribution in [0, 0.1) is 0 Å². The lowest BCUT2D eigenvalue weighted by Gasteiger charge is -2.17. The van der Waals surface area contributed by atoms with Gasteiger partial charge in [-0.15, -0.1) is 0 Å². The van der Waals surface area contributed by atoms with Crippen LogP contribution in [-0.4, -0.2) is 16.0 Å². The third kappa shape index (κ3) is 3.70. The van der Waals surface area contributed by atoms with Crippen molar-refractivity contribution in [2.75, 3.05) is 11.1 Å². The summed E-state index contributed by atoms with van der Waals surface area (Å²) >= 11 is 0. The SMILES string of the molecule is CCCC(CC)Nc1cc(N)nc(-c2ccccc2)n1. The third-order valence-electron chi connectivity index (χ3n) is 3.26. The molecule has 2 aromatic rings. The summed E-state index contributed by atoms with van der Waals surface area (Å²) < 4.78 is 0. The molecule has 0 saturated carbocycles. The average molecular weight is 270 g/mol. The van der Waals surface area contributed by atoms with Gasteiger partial charge in [0, 0.05) is 17.7 Å². The van der Waals surface area contributed by atoms with Crippen LogP contribution in [0.25, 0.3) is 11.4 Å². The van der Waals surface area contributed by atoms with E-state index in [2.05, 4.69) is 29.1 Å². The molecule has 106 valence electrons. The molecule has 1 unspecified atom stereocenters. The van der Waals surface area contributed by atoms with Gasteiger partial charge < -0.3 is 11.1 Å². The van der Waals surface area contributed by atoms with Gasteiger partial charge in [0.2, 0.25) is 0 Å². The van der Waals surface area contributed by atoms with Gasteiger partial charge >= 0.3 is 0 Å². The minimum absolute atomic E-state index is 0.429. The van der Waals surface area contributed by atoms with Crippen LogP contribution in [0.2, 0.25) is 0 Å². The zero-order chi connectivity index (χ0) is 14.4. The summed E-state index contributed by atoms with van der Waals surface area (Å²) in [5.41, 5.74) is 6.87. The monoisotopic (exact) mass is 270 g/mol. The first-order chi connectivity index (χ1) is 9.72. The summed E-state index contributed by atoms with van der Waals surface area (Å²) in [4.78, 5) is 8.88. The molecule has 0 saturated heterocycles. The molecule has 0 amide bonds. The topological polar surface area (TPSA) is 63.8 Å². The van der Waals surface area contributed by atoms with Gasteiger partial charge in [0.15, 0.2) is 5.82 Å². The van der Waals surface area contributed by atoms with E-state index < -0.39 is 0 Å². The minimum atomic E-state index is 0.429. The maximum absolute atomic E-state index is 5.90. The predicted molar refractivity (Wildman–Crippen MR) is 84.5 cm³/mol. The van der Waals surface area contributed by atoms with Crippen LogP contribution in [0.3, 0.4) is 0 Å². The Morgan fingerprint density at radius 1 is 1.15 bits per heavy atom. The van der Waals surface area contributed by atoms with Crippen LogP contribution in [0.1, 0.15) is 33.1 Å². The van der Waals surface area contributed by atoms with E-state index in [0.717, 1.165) is 30.6 Å². The van der Waals surface area contributed by atoms with Crippen molar-refractivity contribution in [2.24, 2.45) is 0 Å². The molecule has 0 bridgehead atoms. The fraction of sp³-hybridized carbons (Fsp3) is 0.375. The fourth-order valence-corrected chi connectivity index (χ4v) is 2.19. The highest BCUT2D eigenvalue weighted by Gasteiger charge is 2.09. The largest absolute Gasteiger partial charge is 0.384 e. The van der Waals surface area contributed by atoms with Crippen molar-refractivity contribution in [3.8, 4) is 11.4 Å². The zero-order valence-corrected chi connectivity index (χ0v) is 12.1. The molecule has 1 aromatic carbocycles.